The van der Waals surface area contributed by atoms with E-state index in [0.29, 0.717) is 11.7 Å². The average molecular weight is 265 g/mol. The highest BCUT2D eigenvalue weighted by Gasteiger charge is 2.42. The lowest BCUT2D eigenvalue weighted by Gasteiger charge is -2.16. The number of anilines is 1. The molecule has 0 bridgehead atoms. The summed E-state index contributed by atoms with van der Waals surface area (Å²) in [5.74, 6) is 1.65. The van der Waals surface area contributed by atoms with Crippen LogP contribution in [-0.4, -0.2) is 40.5 Å². The summed E-state index contributed by atoms with van der Waals surface area (Å²) in [6.45, 7) is 1.81. The smallest absolute Gasteiger partial charge is 0.328 e. The summed E-state index contributed by atoms with van der Waals surface area (Å²) < 4.78 is 5.35. The highest BCUT2D eigenvalue weighted by Crippen LogP contribution is 2.36. The molecule has 104 valence electrons. The summed E-state index contributed by atoms with van der Waals surface area (Å²) in [5.41, 5.74) is 0. The van der Waals surface area contributed by atoms with E-state index in [1.165, 1.54) is 22.6 Å². The van der Waals surface area contributed by atoms with E-state index in [9.17, 15) is 9.90 Å². The lowest BCUT2D eigenvalue weighted by molar-refractivity contribution is 0.137. The van der Waals surface area contributed by atoms with Crippen molar-refractivity contribution in [3.05, 3.63) is 11.8 Å². The third-order valence-corrected chi connectivity index (χ3v) is 4.34. The number of aliphatic hydroxyl groups excluding tert-OH is 1. The molecule has 0 radical (unpaired) electrons. The predicted molar refractivity (Wildman–Crippen MR) is 68.8 cm³/mol. The molecular formula is C13H19N3O3. The van der Waals surface area contributed by atoms with Gasteiger partial charge in [-0.15, -0.1) is 0 Å². The van der Waals surface area contributed by atoms with Crippen LogP contribution in [0.1, 0.15) is 44.3 Å². The topological polar surface area (TPSA) is 69.8 Å². The maximum Gasteiger partial charge on any atom is 0.328 e. The Balaban J connectivity index is 1.84. The minimum atomic E-state index is -0.876. The lowest BCUT2D eigenvalue weighted by Crippen LogP contribution is -2.35. The van der Waals surface area contributed by atoms with Crippen molar-refractivity contribution >= 4 is 11.8 Å². The molecule has 2 heterocycles. The molecule has 0 aromatic carbocycles. The third-order valence-electron chi connectivity index (χ3n) is 4.34. The van der Waals surface area contributed by atoms with Crippen LogP contribution in [0.3, 0.4) is 0 Å². The van der Waals surface area contributed by atoms with Gasteiger partial charge in [0.05, 0.1) is 6.04 Å². The Morgan fingerprint density at radius 3 is 2.68 bits per heavy atom. The van der Waals surface area contributed by atoms with Gasteiger partial charge in [-0.25, -0.2) is 9.69 Å². The van der Waals surface area contributed by atoms with E-state index in [0.717, 1.165) is 18.6 Å². The standard InChI is InChI=1S/C13H19N3O3/c1-8-12(17)16(13(18)15(8)2)11-7-10(19-14-11)9-5-3-4-6-9/h7-9,12,17H,3-6H2,1-2H3. The van der Waals surface area contributed by atoms with Crippen LogP contribution in [0.25, 0.3) is 0 Å². The number of amides is 2. The van der Waals surface area contributed by atoms with Gasteiger partial charge < -0.3 is 14.5 Å². The zero-order valence-electron chi connectivity index (χ0n) is 11.2. The van der Waals surface area contributed by atoms with E-state index >= 15 is 0 Å². The Morgan fingerprint density at radius 2 is 2.11 bits per heavy atom. The molecule has 19 heavy (non-hydrogen) atoms. The second kappa shape index (κ2) is 4.52. The van der Waals surface area contributed by atoms with Crippen LogP contribution >= 0.6 is 0 Å². The van der Waals surface area contributed by atoms with Crippen molar-refractivity contribution in [2.45, 2.75) is 50.8 Å². The fourth-order valence-electron chi connectivity index (χ4n) is 2.90. The van der Waals surface area contributed by atoms with E-state index in [4.69, 9.17) is 4.52 Å². The average Bonchev–Trinajstić information content (AvgIpc) is 3.09. The second-order valence-electron chi connectivity index (χ2n) is 5.49. The summed E-state index contributed by atoms with van der Waals surface area (Å²) in [6, 6.07) is 1.30. The molecule has 6 nitrogen and oxygen atoms in total. The van der Waals surface area contributed by atoms with E-state index in [2.05, 4.69) is 5.16 Å². The van der Waals surface area contributed by atoms with Crippen LogP contribution in [0.2, 0.25) is 0 Å². The normalized spacial score (nSPS) is 28.7. The first-order valence-electron chi connectivity index (χ1n) is 6.80. The van der Waals surface area contributed by atoms with Crippen LogP contribution in [0.4, 0.5) is 10.6 Å². The fraction of sp³-hybridized carbons (Fsp3) is 0.692. The van der Waals surface area contributed by atoms with Gasteiger partial charge in [0.25, 0.3) is 0 Å². The Labute approximate surface area is 112 Å². The monoisotopic (exact) mass is 265 g/mol. The van der Waals surface area contributed by atoms with Gasteiger partial charge in [0.1, 0.15) is 5.76 Å². The van der Waals surface area contributed by atoms with Crippen molar-refractivity contribution in [2.24, 2.45) is 0 Å². The van der Waals surface area contributed by atoms with Crippen molar-refractivity contribution in [1.29, 1.82) is 0 Å². The lowest BCUT2D eigenvalue weighted by atomic mass is 10.1. The molecule has 3 rings (SSSR count). The summed E-state index contributed by atoms with van der Waals surface area (Å²) in [6.07, 6.45) is 3.78. The van der Waals surface area contributed by atoms with Crippen LogP contribution < -0.4 is 4.90 Å². The van der Waals surface area contributed by atoms with Crippen molar-refractivity contribution in [2.75, 3.05) is 11.9 Å². The Bertz CT molecular complexity index is 481. The number of aliphatic hydroxyl groups is 1. The van der Waals surface area contributed by atoms with Crippen molar-refractivity contribution in [1.82, 2.24) is 10.1 Å². The molecule has 1 aliphatic heterocycles. The van der Waals surface area contributed by atoms with Gasteiger partial charge in [-0.1, -0.05) is 18.0 Å². The van der Waals surface area contributed by atoms with E-state index < -0.39 is 6.23 Å². The van der Waals surface area contributed by atoms with E-state index in [1.54, 1.807) is 20.0 Å². The number of likely N-dealkylation sites (N-methyl/N-ethyl adjacent to an activating group) is 1. The van der Waals surface area contributed by atoms with Crippen LogP contribution in [0, 0.1) is 0 Å². The minimum Gasteiger partial charge on any atom is -0.371 e. The molecule has 1 aromatic rings. The van der Waals surface area contributed by atoms with Crippen LogP contribution in [-0.2, 0) is 0 Å². The first-order chi connectivity index (χ1) is 9.09. The van der Waals surface area contributed by atoms with Gasteiger partial charge in [0.15, 0.2) is 12.0 Å². The maximum atomic E-state index is 12.1. The van der Waals surface area contributed by atoms with Gasteiger partial charge in [-0.3, -0.25) is 0 Å². The molecule has 2 unspecified atom stereocenters. The Hall–Kier alpha value is -1.56. The fourth-order valence-corrected chi connectivity index (χ4v) is 2.90. The highest BCUT2D eigenvalue weighted by atomic mass is 16.5. The molecule has 1 aliphatic carbocycles. The molecule has 1 saturated heterocycles. The molecule has 1 aromatic heterocycles. The number of carbonyl (C=O) groups is 1. The number of hydrogen-bond acceptors (Lipinski definition) is 4. The van der Waals surface area contributed by atoms with E-state index in [1.807, 2.05) is 0 Å². The molecule has 1 saturated carbocycles. The quantitative estimate of drug-likeness (QED) is 0.886. The van der Waals surface area contributed by atoms with Gasteiger partial charge in [-0.2, -0.15) is 0 Å². The molecule has 1 N–H and O–H groups in total. The minimum absolute atomic E-state index is 0.244. The molecule has 0 spiro atoms. The maximum absolute atomic E-state index is 12.1. The van der Waals surface area contributed by atoms with Gasteiger partial charge in [0.2, 0.25) is 0 Å². The van der Waals surface area contributed by atoms with Gasteiger partial charge in [-0.05, 0) is 19.8 Å². The van der Waals surface area contributed by atoms with Crippen LogP contribution in [0.15, 0.2) is 10.6 Å². The van der Waals surface area contributed by atoms with Crippen molar-refractivity contribution in [3.8, 4) is 0 Å². The molecule has 6 heteroatoms. The summed E-state index contributed by atoms with van der Waals surface area (Å²) >= 11 is 0. The van der Waals surface area contributed by atoms with Crippen molar-refractivity contribution in [3.63, 3.8) is 0 Å². The Kier molecular flexibility index (Phi) is 2.97. The summed E-state index contributed by atoms with van der Waals surface area (Å²) in [4.78, 5) is 14.9. The molecule has 2 amide bonds. The molecule has 2 aliphatic rings. The number of carbonyl (C=O) groups excluding carboxylic acids is 1. The zero-order valence-corrected chi connectivity index (χ0v) is 11.2. The summed E-state index contributed by atoms with van der Waals surface area (Å²) in [7, 11) is 1.67. The largest absolute Gasteiger partial charge is 0.371 e. The number of urea groups is 1. The van der Waals surface area contributed by atoms with Gasteiger partial charge >= 0.3 is 6.03 Å². The first-order valence-corrected chi connectivity index (χ1v) is 6.80. The third kappa shape index (κ3) is 1.90. The number of rotatable bonds is 2. The first kappa shape index (κ1) is 12.5. The SMILES string of the molecule is CC1C(O)N(c2cc(C3CCCC3)on2)C(=O)N1C. The number of hydrogen-bond donors (Lipinski definition) is 1. The number of nitrogens with zero attached hydrogens (tertiary/aromatic N) is 3. The van der Waals surface area contributed by atoms with E-state index in [-0.39, 0.29) is 12.1 Å². The summed E-state index contributed by atoms with van der Waals surface area (Å²) in [5, 5.41) is 14.1. The van der Waals surface area contributed by atoms with Crippen LogP contribution in [0.5, 0.6) is 0 Å². The van der Waals surface area contributed by atoms with Gasteiger partial charge in [0, 0.05) is 19.0 Å². The highest BCUT2D eigenvalue weighted by molar-refractivity contribution is 5.93. The zero-order chi connectivity index (χ0) is 13.6. The molecular weight excluding hydrogens is 246 g/mol. The molecule has 2 atom stereocenters. The second-order valence-corrected chi connectivity index (χ2v) is 5.49. The van der Waals surface area contributed by atoms with Crippen molar-refractivity contribution < 1.29 is 14.4 Å². The predicted octanol–water partition coefficient (Wildman–Crippen LogP) is 1.91. The molecule has 2 fully saturated rings. The Morgan fingerprint density at radius 1 is 1.42 bits per heavy atom. The number of aromatic nitrogens is 1.